The SMILES string of the molecule is c1ccc(Nc2ccc3sc4ccc(N(c5ccccc5)c5ccccc5)cc4c3c2)cc1. The molecule has 0 radical (unpaired) electrons. The van der Waals surface area contributed by atoms with Crippen molar-refractivity contribution in [1.82, 2.24) is 0 Å². The minimum absolute atomic E-state index is 1.09. The largest absolute Gasteiger partial charge is 0.356 e. The molecular formula is C30H22N2S. The minimum Gasteiger partial charge on any atom is -0.356 e. The van der Waals surface area contributed by atoms with Gasteiger partial charge in [-0.2, -0.15) is 0 Å². The molecule has 1 heterocycles. The molecule has 0 amide bonds. The van der Waals surface area contributed by atoms with Gasteiger partial charge in [0.2, 0.25) is 0 Å². The van der Waals surface area contributed by atoms with Crippen molar-refractivity contribution in [3.8, 4) is 0 Å². The van der Waals surface area contributed by atoms with Gasteiger partial charge in [-0.3, -0.25) is 0 Å². The Morgan fingerprint density at radius 1 is 0.455 bits per heavy atom. The average Bonchev–Trinajstić information content (AvgIpc) is 3.24. The highest BCUT2D eigenvalue weighted by Gasteiger charge is 2.14. The first-order valence-corrected chi connectivity index (χ1v) is 11.9. The predicted molar refractivity (Wildman–Crippen MR) is 144 cm³/mol. The molecule has 0 saturated carbocycles. The van der Waals surface area contributed by atoms with Crippen LogP contribution in [0.3, 0.4) is 0 Å². The summed E-state index contributed by atoms with van der Waals surface area (Å²) in [5, 5.41) is 6.09. The lowest BCUT2D eigenvalue weighted by Crippen LogP contribution is -2.09. The number of hydrogen-bond acceptors (Lipinski definition) is 3. The maximum atomic E-state index is 3.53. The van der Waals surface area contributed by atoms with Gasteiger partial charge in [-0.15, -0.1) is 11.3 Å². The molecular weight excluding hydrogens is 420 g/mol. The molecule has 2 nitrogen and oxygen atoms in total. The Morgan fingerprint density at radius 3 is 1.64 bits per heavy atom. The van der Waals surface area contributed by atoms with Crippen molar-refractivity contribution in [2.24, 2.45) is 0 Å². The molecule has 1 N–H and O–H groups in total. The molecule has 0 saturated heterocycles. The summed E-state index contributed by atoms with van der Waals surface area (Å²) in [5.41, 5.74) is 5.64. The molecule has 0 fully saturated rings. The van der Waals surface area contributed by atoms with Crippen molar-refractivity contribution in [3.05, 3.63) is 127 Å². The summed E-state index contributed by atoms with van der Waals surface area (Å²) < 4.78 is 2.60. The molecule has 0 aliphatic carbocycles. The van der Waals surface area contributed by atoms with Gasteiger partial charge in [-0.1, -0.05) is 54.6 Å². The van der Waals surface area contributed by atoms with Gasteiger partial charge in [0.1, 0.15) is 0 Å². The zero-order valence-corrected chi connectivity index (χ0v) is 18.8. The first kappa shape index (κ1) is 19.6. The van der Waals surface area contributed by atoms with Crippen LogP contribution < -0.4 is 10.2 Å². The molecule has 0 bridgehead atoms. The molecule has 5 aromatic carbocycles. The highest BCUT2D eigenvalue weighted by molar-refractivity contribution is 7.25. The van der Waals surface area contributed by atoms with Gasteiger partial charge >= 0.3 is 0 Å². The predicted octanol–water partition coefficient (Wildman–Crippen LogP) is 9.27. The summed E-state index contributed by atoms with van der Waals surface area (Å²) in [7, 11) is 0. The Morgan fingerprint density at radius 2 is 1.00 bits per heavy atom. The molecule has 0 aliphatic heterocycles. The van der Waals surface area contributed by atoms with Gasteiger partial charge in [0.05, 0.1) is 0 Å². The zero-order valence-electron chi connectivity index (χ0n) is 18.0. The number of para-hydroxylation sites is 3. The molecule has 1 aromatic heterocycles. The Hall–Kier alpha value is -4.08. The number of fused-ring (bicyclic) bond motifs is 3. The van der Waals surface area contributed by atoms with Gasteiger partial charge in [0.15, 0.2) is 0 Å². The molecule has 0 atom stereocenters. The van der Waals surface area contributed by atoms with Crippen LogP contribution in [0.25, 0.3) is 20.2 Å². The molecule has 33 heavy (non-hydrogen) atoms. The number of thiophene rings is 1. The molecule has 158 valence electrons. The van der Waals surface area contributed by atoms with Crippen molar-refractivity contribution >= 4 is 59.9 Å². The molecule has 0 unspecified atom stereocenters. The Labute approximate surface area is 197 Å². The maximum Gasteiger partial charge on any atom is 0.0468 e. The van der Waals surface area contributed by atoms with E-state index >= 15 is 0 Å². The molecule has 3 heteroatoms. The summed E-state index contributed by atoms with van der Waals surface area (Å²) in [5.74, 6) is 0. The molecule has 6 rings (SSSR count). The third kappa shape index (κ3) is 3.84. The van der Waals surface area contributed by atoms with E-state index in [9.17, 15) is 0 Å². The van der Waals surface area contributed by atoms with Crippen molar-refractivity contribution in [2.45, 2.75) is 0 Å². The lowest BCUT2D eigenvalue weighted by Gasteiger charge is -2.25. The highest BCUT2D eigenvalue weighted by atomic mass is 32.1. The van der Waals surface area contributed by atoms with Crippen LogP contribution in [0.2, 0.25) is 0 Å². The lowest BCUT2D eigenvalue weighted by atomic mass is 10.1. The normalized spacial score (nSPS) is 11.0. The van der Waals surface area contributed by atoms with Crippen LogP contribution >= 0.6 is 11.3 Å². The highest BCUT2D eigenvalue weighted by Crippen LogP contribution is 2.41. The number of nitrogens with zero attached hydrogens (tertiary/aromatic N) is 1. The maximum absolute atomic E-state index is 3.53. The third-order valence-electron chi connectivity index (χ3n) is 5.80. The van der Waals surface area contributed by atoms with Gasteiger partial charge in [-0.05, 0) is 72.8 Å². The first-order valence-electron chi connectivity index (χ1n) is 11.0. The summed E-state index contributed by atoms with van der Waals surface area (Å²) in [6.07, 6.45) is 0. The summed E-state index contributed by atoms with van der Waals surface area (Å²) in [6.45, 7) is 0. The van der Waals surface area contributed by atoms with Gasteiger partial charge in [0, 0.05) is 48.6 Å². The van der Waals surface area contributed by atoms with E-state index in [1.54, 1.807) is 0 Å². The van der Waals surface area contributed by atoms with Crippen LogP contribution in [0.4, 0.5) is 28.4 Å². The Balaban J connectivity index is 1.48. The quantitative estimate of drug-likeness (QED) is 0.286. The van der Waals surface area contributed by atoms with Crippen LogP contribution in [0.1, 0.15) is 0 Å². The first-order chi connectivity index (χ1) is 16.3. The van der Waals surface area contributed by atoms with E-state index in [0.717, 1.165) is 28.4 Å². The van der Waals surface area contributed by atoms with Crippen LogP contribution in [0.5, 0.6) is 0 Å². The monoisotopic (exact) mass is 442 g/mol. The van der Waals surface area contributed by atoms with E-state index in [2.05, 4.69) is 132 Å². The second-order valence-electron chi connectivity index (χ2n) is 7.99. The van der Waals surface area contributed by atoms with Gasteiger partial charge < -0.3 is 10.2 Å². The van der Waals surface area contributed by atoms with Crippen molar-refractivity contribution in [2.75, 3.05) is 10.2 Å². The third-order valence-corrected chi connectivity index (χ3v) is 6.95. The van der Waals surface area contributed by atoms with Gasteiger partial charge in [-0.25, -0.2) is 0 Å². The Kier molecular flexibility index (Phi) is 5.02. The molecule has 6 aromatic rings. The zero-order chi connectivity index (χ0) is 22.0. The van der Waals surface area contributed by atoms with E-state index in [1.807, 2.05) is 17.4 Å². The molecule has 0 spiro atoms. The second kappa shape index (κ2) is 8.45. The van der Waals surface area contributed by atoms with E-state index in [1.165, 1.54) is 20.2 Å². The summed E-state index contributed by atoms with van der Waals surface area (Å²) >= 11 is 1.84. The standard InChI is InChI=1S/C30H22N2S/c1-4-10-22(11-5-1)31-23-16-18-29-27(20-23)28-21-26(17-19-30(28)33-29)32(24-12-6-2-7-13-24)25-14-8-3-9-15-25/h1-21,31H. The van der Waals surface area contributed by atoms with E-state index in [0.29, 0.717) is 0 Å². The second-order valence-corrected chi connectivity index (χ2v) is 9.07. The van der Waals surface area contributed by atoms with Gasteiger partial charge in [0.25, 0.3) is 0 Å². The van der Waals surface area contributed by atoms with Crippen LogP contribution in [-0.2, 0) is 0 Å². The van der Waals surface area contributed by atoms with Crippen molar-refractivity contribution in [1.29, 1.82) is 0 Å². The number of benzene rings is 5. The Bertz CT molecular complexity index is 1480. The lowest BCUT2D eigenvalue weighted by molar-refractivity contribution is 1.29. The number of hydrogen-bond donors (Lipinski definition) is 1. The van der Waals surface area contributed by atoms with Crippen molar-refractivity contribution < 1.29 is 0 Å². The summed E-state index contributed by atoms with van der Waals surface area (Å²) in [6, 6.07) is 44.9. The van der Waals surface area contributed by atoms with Crippen LogP contribution in [0, 0.1) is 0 Å². The molecule has 0 aliphatic rings. The number of anilines is 5. The van der Waals surface area contributed by atoms with Crippen LogP contribution in [0.15, 0.2) is 127 Å². The van der Waals surface area contributed by atoms with E-state index in [-0.39, 0.29) is 0 Å². The van der Waals surface area contributed by atoms with Crippen LogP contribution in [-0.4, -0.2) is 0 Å². The minimum atomic E-state index is 1.09. The van der Waals surface area contributed by atoms with E-state index in [4.69, 9.17) is 0 Å². The van der Waals surface area contributed by atoms with E-state index < -0.39 is 0 Å². The fourth-order valence-electron chi connectivity index (χ4n) is 4.27. The summed E-state index contributed by atoms with van der Waals surface area (Å²) in [4.78, 5) is 2.31. The fourth-order valence-corrected chi connectivity index (χ4v) is 5.34. The number of rotatable bonds is 5. The smallest absolute Gasteiger partial charge is 0.0468 e. The topological polar surface area (TPSA) is 15.3 Å². The number of nitrogens with one attached hydrogen (secondary N) is 1. The average molecular weight is 443 g/mol. The fraction of sp³-hybridized carbons (Fsp3) is 0. The van der Waals surface area contributed by atoms with Crippen molar-refractivity contribution in [3.63, 3.8) is 0 Å².